The van der Waals surface area contributed by atoms with Crippen molar-refractivity contribution in [3.05, 3.63) is 17.2 Å². The highest BCUT2D eigenvalue weighted by Gasteiger charge is 2.20. The molecule has 1 aromatic carbocycles. The molecule has 106 valence electrons. The lowest BCUT2D eigenvalue weighted by atomic mass is 10.3. The van der Waals surface area contributed by atoms with Gasteiger partial charge in [-0.05, 0) is 12.1 Å². The van der Waals surface area contributed by atoms with Gasteiger partial charge in [0.05, 0.1) is 5.69 Å². The number of benzene rings is 1. The molecule has 0 aliphatic rings. The van der Waals surface area contributed by atoms with Crippen LogP contribution < -0.4 is 16.4 Å². The molecule has 0 radical (unpaired) electrons. The molecule has 10 heteroatoms. The Hall–Kier alpha value is -1.55. The van der Waals surface area contributed by atoms with E-state index < -0.39 is 26.8 Å². The van der Waals surface area contributed by atoms with Gasteiger partial charge in [0, 0.05) is 18.1 Å². The number of phenols is 1. The molecule has 0 atom stereocenters. The van der Waals surface area contributed by atoms with E-state index in [1.165, 1.54) is 0 Å². The van der Waals surface area contributed by atoms with Crippen molar-refractivity contribution in [2.75, 3.05) is 18.4 Å². The van der Waals surface area contributed by atoms with Crippen molar-refractivity contribution in [1.29, 1.82) is 0 Å². The van der Waals surface area contributed by atoms with E-state index in [2.05, 4.69) is 10.6 Å². The van der Waals surface area contributed by atoms with Crippen LogP contribution in [0.25, 0.3) is 0 Å². The molecule has 0 fully saturated rings. The van der Waals surface area contributed by atoms with Gasteiger partial charge in [-0.15, -0.1) is 0 Å². The first-order valence-electron chi connectivity index (χ1n) is 5.00. The normalized spacial score (nSPS) is 11.1. The molecule has 1 aromatic rings. The maximum absolute atomic E-state index is 11.4. The second kappa shape index (κ2) is 6.06. The van der Waals surface area contributed by atoms with Crippen LogP contribution in [-0.2, 0) is 10.1 Å². The number of carbonyl (C=O) groups excluding carboxylic acids is 1. The van der Waals surface area contributed by atoms with Crippen molar-refractivity contribution < 1.29 is 22.9 Å². The number of carbonyl (C=O) groups is 1. The minimum absolute atomic E-state index is 0.0838. The second-order valence-electron chi connectivity index (χ2n) is 3.44. The van der Waals surface area contributed by atoms with E-state index >= 15 is 0 Å². The zero-order valence-corrected chi connectivity index (χ0v) is 11.1. The number of urea groups is 1. The standard InChI is InChI=1S/C9H12ClN3O5S/c10-5-3-6(13-9(15)12-2-1-11)8(14)7(4-5)19(16,17)18/h3-4,14H,1-2,11H2,(H2,12,13,15)(H,16,17,18). The quantitative estimate of drug-likeness (QED) is 0.402. The fourth-order valence-electron chi connectivity index (χ4n) is 1.22. The number of nitrogens with two attached hydrogens (primary N) is 1. The Morgan fingerprint density at radius 2 is 2.05 bits per heavy atom. The molecule has 0 aromatic heterocycles. The molecular formula is C9H12ClN3O5S. The van der Waals surface area contributed by atoms with E-state index in [1.54, 1.807) is 0 Å². The summed E-state index contributed by atoms with van der Waals surface area (Å²) in [5.41, 5.74) is 4.93. The van der Waals surface area contributed by atoms with Gasteiger partial charge in [-0.25, -0.2) is 4.79 Å². The van der Waals surface area contributed by atoms with Crippen molar-refractivity contribution in [3.63, 3.8) is 0 Å². The van der Waals surface area contributed by atoms with Gasteiger partial charge in [0.2, 0.25) is 0 Å². The van der Waals surface area contributed by atoms with Crippen molar-refractivity contribution in [1.82, 2.24) is 5.32 Å². The molecule has 2 amide bonds. The van der Waals surface area contributed by atoms with Crippen molar-refractivity contribution >= 4 is 33.4 Å². The van der Waals surface area contributed by atoms with E-state index in [0.717, 1.165) is 12.1 Å². The molecule has 0 saturated carbocycles. The van der Waals surface area contributed by atoms with E-state index in [1.807, 2.05) is 0 Å². The van der Waals surface area contributed by atoms with Gasteiger partial charge < -0.3 is 21.5 Å². The number of amides is 2. The van der Waals surface area contributed by atoms with Crippen molar-refractivity contribution in [2.45, 2.75) is 4.90 Å². The summed E-state index contributed by atoms with van der Waals surface area (Å²) in [4.78, 5) is 10.6. The molecule has 19 heavy (non-hydrogen) atoms. The summed E-state index contributed by atoms with van der Waals surface area (Å²) in [6.45, 7) is 0.406. The minimum Gasteiger partial charge on any atom is -0.504 e. The van der Waals surface area contributed by atoms with Gasteiger partial charge in [0.15, 0.2) is 5.75 Å². The summed E-state index contributed by atoms with van der Waals surface area (Å²) in [5.74, 6) is -0.810. The molecule has 0 saturated heterocycles. The first-order valence-corrected chi connectivity index (χ1v) is 6.82. The third-order valence-corrected chi connectivity index (χ3v) is 3.08. The monoisotopic (exact) mass is 309 g/mol. The lowest BCUT2D eigenvalue weighted by molar-refractivity contribution is 0.252. The molecule has 0 aliphatic heterocycles. The number of hydrogen-bond donors (Lipinski definition) is 5. The highest BCUT2D eigenvalue weighted by molar-refractivity contribution is 7.86. The van der Waals surface area contributed by atoms with Crippen molar-refractivity contribution in [2.24, 2.45) is 5.73 Å². The molecule has 0 spiro atoms. The fraction of sp³-hybridized carbons (Fsp3) is 0.222. The summed E-state index contributed by atoms with van der Waals surface area (Å²) in [5, 5.41) is 14.1. The highest BCUT2D eigenvalue weighted by Crippen LogP contribution is 2.34. The van der Waals surface area contributed by atoms with Gasteiger partial charge in [0.25, 0.3) is 10.1 Å². The van der Waals surface area contributed by atoms with Gasteiger partial charge in [0.1, 0.15) is 4.90 Å². The summed E-state index contributed by atoms with van der Waals surface area (Å²) in [6.07, 6.45) is 0. The van der Waals surface area contributed by atoms with Crippen molar-refractivity contribution in [3.8, 4) is 5.75 Å². The number of hydrogen-bond acceptors (Lipinski definition) is 5. The summed E-state index contributed by atoms with van der Waals surface area (Å²) in [7, 11) is -4.66. The molecule has 0 bridgehead atoms. The molecule has 0 unspecified atom stereocenters. The average Bonchev–Trinajstić information content (AvgIpc) is 2.29. The molecule has 0 heterocycles. The molecule has 1 rings (SSSR count). The van der Waals surface area contributed by atoms with E-state index in [9.17, 15) is 18.3 Å². The van der Waals surface area contributed by atoms with Crippen LogP contribution in [0.3, 0.4) is 0 Å². The maximum Gasteiger partial charge on any atom is 0.319 e. The van der Waals surface area contributed by atoms with Crippen LogP contribution in [0.4, 0.5) is 10.5 Å². The van der Waals surface area contributed by atoms with Crippen LogP contribution in [0, 0.1) is 0 Å². The fourth-order valence-corrected chi connectivity index (χ4v) is 2.13. The Kier molecular flexibility index (Phi) is 4.95. The predicted molar refractivity (Wildman–Crippen MR) is 69.0 cm³/mol. The molecule has 0 aliphatic carbocycles. The smallest absolute Gasteiger partial charge is 0.319 e. The van der Waals surface area contributed by atoms with Crippen LogP contribution in [-0.4, -0.2) is 37.2 Å². The summed E-state index contributed by atoms with van der Waals surface area (Å²) >= 11 is 5.64. The highest BCUT2D eigenvalue weighted by atomic mass is 35.5. The lowest BCUT2D eigenvalue weighted by Crippen LogP contribution is -2.32. The number of halogens is 1. The van der Waals surface area contributed by atoms with E-state index in [-0.39, 0.29) is 23.8 Å². The minimum atomic E-state index is -4.66. The zero-order valence-electron chi connectivity index (χ0n) is 9.55. The summed E-state index contributed by atoms with van der Waals surface area (Å²) in [6, 6.07) is 1.28. The van der Waals surface area contributed by atoms with E-state index in [0.29, 0.717) is 0 Å². The van der Waals surface area contributed by atoms with Crippen LogP contribution in [0.2, 0.25) is 5.02 Å². The third-order valence-electron chi connectivity index (χ3n) is 2.00. The molecule has 6 N–H and O–H groups in total. The van der Waals surface area contributed by atoms with E-state index in [4.69, 9.17) is 21.9 Å². The Morgan fingerprint density at radius 3 is 2.58 bits per heavy atom. The first-order chi connectivity index (χ1) is 8.75. The number of phenolic OH excluding ortho intramolecular Hbond substituents is 1. The lowest BCUT2D eigenvalue weighted by Gasteiger charge is -2.11. The number of nitrogens with one attached hydrogen (secondary N) is 2. The topological polar surface area (TPSA) is 142 Å². The molecule has 8 nitrogen and oxygen atoms in total. The van der Waals surface area contributed by atoms with Gasteiger partial charge >= 0.3 is 6.03 Å². The Morgan fingerprint density at radius 1 is 1.42 bits per heavy atom. The van der Waals surface area contributed by atoms with Gasteiger partial charge in [-0.2, -0.15) is 8.42 Å². The first kappa shape index (κ1) is 15.5. The van der Waals surface area contributed by atoms with Crippen LogP contribution in [0.15, 0.2) is 17.0 Å². The third kappa shape index (κ3) is 4.24. The summed E-state index contributed by atoms with van der Waals surface area (Å²) < 4.78 is 30.9. The van der Waals surface area contributed by atoms with Crippen LogP contribution in [0.1, 0.15) is 0 Å². The number of rotatable bonds is 4. The number of anilines is 1. The predicted octanol–water partition coefficient (Wildman–Crippen LogP) is 0.373. The second-order valence-corrected chi connectivity index (χ2v) is 5.27. The zero-order chi connectivity index (χ0) is 14.6. The SMILES string of the molecule is NCCNC(=O)Nc1cc(Cl)cc(S(=O)(=O)O)c1O. The number of aromatic hydroxyl groups is 1. The maximum atomic E-state index is 11.4. The Labute approximate surface area is 114 Å². The molecular weight excluding hydrogens is 298 g/mol. The average molecular weight is 310 g/mol. The van der Waals surface area contributed by atoms with Crippen LogP contribution in [0.5, 0.6) is 5.75 Å². The largest absolute Gasteiger partial charge is 0.504 e. The van der Waals surface area contributed by atoms with Gasteiger partial charge in [-0.3, -0.25) is 4.55 Å². The van der Waals surface area contributed by atoms with Crippen LogP contribution >= 0.6 is 11.6 Å². The Balaban J connectivity index is 3.09. The Bertz CT molecular complexity index is 590. The van der Waals surface area contributed by atoms with Gasteiger partial charge in [-0.1, -0.05) is 11.6 Å².